The van der Waals surface area contributed by atoms with Crippen molar-refractivity contribution in [3.05, 3.63) is 41.1 Å². The molecule has 2 aromatic rings. The van der Waals surface area contributed by atoms with Gasteiger partial charge in [0, 0.05) is 17.1 Å². The molecular formula is C15H16N2O. The predicted octanol–water partition coefficient (Wildman–Crippen LogP) is 2.74. The maximum atomic E-state index is 12.3. The first-order valence-corrected chi connectivity index (χ1v) is 6.33. The average Bonchev–Trinajstić information content (AvgIpc) is 3.14. The molecule has 0 bridgehead atoms. The van der Waals surface area contributed by atoms with Crippen LogP contribution in [0.2, 0.25) is 0 Å². The van der Waals surface area contributed by atoms with Gasteiger partial charge in [-0.15, -0.1) is 0 Å². The number of nitrogens with zero attached hydrogens (tertiary/aromatic N) is 1. The minimum Gasteiger partial charge on any atom is -0.349 e. The van der Waals surface area contributed by atoms with Gasteiger partial charge in [-0.3, -0.25) is 9.78 Å². The molecule has 0 saturated heterocycles. The Labute approximate surface area is 106 Å². The fraction of sp³-hybridized carbons (Fsp3) is 0.333. The summed E-state index contributed by atoms with van der Waals surface area (Å²) in [6.07, 6.45) is 2.21. The summed E-state index contributed by atoms with van der Waals surface area (Å²) < 4.78 is 0. The number of aromatic nitrogens is 1. The Bertz CT molecular complexity index is 630. The SMILES string of the molecule is Cc1nc2ccccc2c(C(=O)NC2CC2)c1C. The molecule has 3 rings (SSSR count). The number of para-hydroxylation sites is 1. The molecule has 18 heavy (non-hydrogen) atoms. The largest absolute Gasteiger partial charge is 0.349 e. The number of benzene rings is 1. The van der Waals surface area contributed by atoms with Crippen LogP contribution in [0.4, 0.5) is 0 Å². The molecule has 0 radical (unpaired) electrons. The molecule has 1 N–H and O–H groups in total. The first-order chi connectivity index (χ1) is 8.66. The standard InChI is InChI=1S/C15H16N2O/c1-9-10(2)16-13-6-4-3-5-12(13)14(9)15(18)17-11-7-8-11/h3-6,11H,7-8H2,1-2H3,(H,17,18). The van der Waals surface area contributed by atoms with E-state index in [4.69, 9.17) is 0 Å². The number of nitrogens with one attached hydrogen (secondary N) is 1. The van der Waals surface area contributed by atoms with Crippen molar-refractivity contribution >= 4 is 16.8 Å². The second kappa shape index (κ2) is 4.09. The van der Waals surface area contributed by atoms with Gasteiger partial charge in [0.2, 0.25) is 0 Å². The third-order valence-electron chi connectivity index (χ3n) is 3.52. The van der Waals surface area contributed by atoms with Crippen molar-refractivity contribution in [2.75, 3.05) is 0 Å². The van der Waals surface area contributed by atoms with Gasteiger partial charge in [0.25, 0.3) is 5.91 Å². The van der Waals surface area contributed by atoms with Crippen molar-refractivity contribution in [1.29, 1.82) is 0 Å². The second-order valence-corrected chi connectivity index (χ2v) is 4.96. The maximum Gasteiger partial charge on any atom is 0.252 e. The van der Waals surface area contributed by atoms with Crippen LogP contribution < -0.4 is 5.32 Å². The van der Waals surface area contributed by atoms with Crippen LogP contribution in [0.3, 0.4) is 0 Å². The molecule has 1 aliphatic rings. The van der Waals surface area contributed by atoms with E-state index in [0.717, 1.165) is 40.6 Å². The summed E-state index contributed by atoms with van der Waals surface area (Å²) in [6, 6.07) is 8.20. The van der Waals surface area contributed by atoms with Gasteiger partial charge in [-0.25, -0.2) is 0 Å². The normalized spacial score (nSPS) is 14.8. The molecule has 0 spiro atoms. The molecule has 1 amide bonds. The molecule has 92 valence electrons. The number of pyridine rings is 1. The summed E-state index contributed by atoms with van der Waals surface area (Å²) in [7, 11) is 0. The van der Waals surface area contributed by atoms with E-state index >= 15 is 0 Å². The molecule has 0 unspecified atom stereocenters. The number of fused-ring (bicyclic) bond motifs is 1. The van der Waals surface area contributed by atoms with Crippen molar-refractivity contribution < 1.29 is 4.79 Å². The zero-order valence-corrected chi connectivity index (χ0v) is 10.7. The van der Waals surface area contributed by atoms with Crippen molar-refractivity contribution in [1.82, 2.24) is 10.3 Å². The lowest BCUT2D eigenvalue weighted by atomic mass is 10.0. The van der Waals surface area contributed by atoms with Gasteiger partial charge in [-0.05, 0) is 38.3 Å². The fourth-order valence-corrected chi connectivity index (χ4v) is 2.21. The molecule has 3 nitrogen and oxygen atoms in total. The van der Waals surface area contributed by atoms with E-state index < -0.39 is 0 Å². The quantitative estimate of drug-likeness (QED) is 0.877. The van der Waals surface area contributed by atoms with Gasteiger partial charge >= 0.3 is 0 Å². The van der Waals surface area contributed by atoms with E-state index in [1.807, 2.05) is 38.1 Å². The molecule has 3 heteroatoms. The Hall–Kier alpha value is -1.90. The third-order valence-corrected chi connectivity index (χ3v) is 3.52. The molecular weight excluding hydrogens is 224 g/mol. The minimum atomic E-state index is 0.0386. The number of rotatable bonds is 2. The first-order valence-electron chi connectivity index (χ1n) is 6.33. The zero-order valence-electron chi connectivity index (χ0n) is 10.7. The van der Waals surface area contributed by atoms with Crippen LogP contribution in [-0.4, -0.2) is 16.9 Å². The molecule has 1 aromatic heterocycles. The van der Waals surface area contributed by atoms with E-state index in [1.165, 1.54) is 0 Å². The van der Waals surface area contributed by atoms with Crippen LogP contribution in [0.1, 0.15) is 34.5 Å². The molecule has 1 heterocycles. The summed E-state index contributed by atoms with van der Waals surface area (Å²) in [5.74, 6) is 0.0386. The van der Waals surface area contributed by atoms with Crippen molar-refractivity contribution in [2.24, 2.45) is 0 Å². The Balaban J connectivity index is 2.17. The van der Waals surface area contributed by atoms with Crippen LogP contribution in [-0.2, 0) is 0 Å². The molecule has 1 saturated carbocycles. The van der Waals surface area contributed by atoms with Gasteiger partial charge in [0.1, 0.15) is 0 Å². The molecule has 1 fully saturated rings. The lowest BCUT2D eigenvalue weighted by Crippen LogP contribution is -2.26. The van der Waals surface area contributed by atoms with Crippen molar-refractivity contribution in [2.45, 2.75) is 32.7 Å². The summed E-state index contributed by atoms with van der Waals surface area (Å²) in [6.45, 7) is 3.92. The van der Waals surface area contributed by atoms with E-state index in [2.05, 4.69) is 10.3 Å². The number of carbonyl (C=O) groups is 1. The van der Waals surface area contributed by atoms with E-state index in [1.54, 1.807) is 0 Å². The van der Waals surface area contributed by atoms with Gasteiger partial charge < -0.3 is 5.32 Å². The van der Waals surface area contributed by atoms with Crippen LogP contribution in [0.15, 0.2) is 24.3 Å². The smallest absolute Gasteiger partial charge is 0.252 e. The highest BCUT2D eigenvalue weighted by Crippen LogP contribution is 2.25. The highest BCUT2D eigenvalue weighted by Gasteiger charge is 2.25. The van der Waals surface area contributed by atoms with E-state index in [9.17, 15) is 4.79 Å². The second-order valence-electron chi connectivity index (χ2n) is 4.96. The topological polar surface area (TPSA) is 42.0 Å². The number of aryl methyl sites for hydroxylation is 1. The lowest BCUT2D eigenvalue weighted by molar-refractivity contribution is 0.0952. The third kappa shape index (κ3) is 1.86. The summed E-state index contributed by atoms with van der Waals surface area (Å²) in [4.78, 5) is 16.9. The van der Waals surface area contributed by atoms with Gasteiger partial charge in [0.15, 0.2) is 0 Å². The molecule has 0 aliphatic heterocycles. The Morgan fingerprint density at radius 2 is 2.00 bits per heavy atom. The number of carbonyl (C=O) groups excluding carboxylic acids is 1. The average molecular weight is 240 g/mol. The summed E-state index contributed by atoms with van der Waals surface area (Å²) in [5, 5.41) is 4.01. The number of hydrogen-bond donors (Lipinski definition) is 1. The van der Waals surface area contributed by atoms with E-state index in [0.29, 0.717) is 6.04 Å². The summed E-state index contributed by atoms with van der Waals surface area (Å²) in [5.41, 5.74) is 3.58. The molecule has 1 aromatic carbocycles. The number of hydrogen-bond acceptors (Lipinski definition) is 2. The van der Waals surface area contributed by atoms with Gasteiger partial charge in [0.05, 0.1) is 11.1 Å². The predicted molar refractivity (Wildman–Crippen MR) is 71.7 cm³/mol. The highest BCUT2D eigenvalue weighted by molar-refractivity contribution is 6.07. The highest BCUT2D eigenvalue weighted by atomic mass is 16.1. The summed E-state index contributed by atoms with van der Waals surface area (Å²) >= 11 is 0. The zero-order chi connectivity index (χ0) is 12.7. The maximum absolute atomic E-state index is 12.3. The van der Waals surface area contributed by atoms with Crippen LogP contribution in [0, 0.1) is 13.8 Å². The monoisotopic (exact) mass is 240 g/mol. The number of amides is 1. The lowest BCUT2D eigenvalue weighted by Gasteiger charge is -2.12. The fourth-order valence-electron chi connectivity index (χ4n) is 2.21. The Kier molecular flexibility index (Phi) is 2.54. The van der Waals surface area contributed by atoms with Crippen LogP contribution >= 0.6 is 0 Å². The Morgan fingerprint density at radius 1 is 1.28 bits per heavy atom. The van der Waals surface area contributed by atoms with E-state index in [-0.39, 0.29) is 5.91 Å². The van der Waals surface area contributed by atoms with Crippen molar-refractivity contribution in [3.8, 4) is 0 Å². The van der Waals surface area contributed by atoms with Gasteiger partial charge in [-0.2, -0.15) is 0 Å². The minimum absolute atomic E-state index is 0.0386. The van der Waals surface area contributed by atoms with Gasteiger partial charge in [-0.1, -0.05) is 18.2 Å². The Morgan fingerprint density at radius 3 is 2.72 bits per heavy atom. The first kappa shape index (κ1) is 11.2. The molecule has 0 atom stereocenters. The molecule has 1 aliphatic carbocycles. The van der Waals surface area contributed by atoms with Crippen molar-refractivity contribution in [3.63, 3.8) is 0 Å². The van der Waals surface area contributed by atoms with Crippen LogP contribution in [0.5, 0.6) is 0 Å². The van der Waals surface area contributed by atoms with Crippen LogP contribution in [0.25, 0.3) is 10.9 Å².